The van der Waals surface area contributed by atoms with Crippen molar-refractivity contribution in [3.05, 3.63) is 69.8 Å². The predicted octanol–water partition coefficient (Wildman–Crippen LogP) is 2.48. The third kappa shape index (κ3) is 2.98. The normalized spacial score (nSPS) is 17.1. The summed E-state index contributed by atoms with van der Waals surface area (Å²) in [5, 5.41) is 0.482. The van der Waals surface area contributed by atoms with Gasteiger partial charge in [-0.15, -0.1) is 0 Å². The average Bonchev–Trinajstić information content (AvgIpc) is 3.35. The minimum Gasteiger partial charge on any atom is -0.452 e. The third-order valence-corrected chi connectivity index (χ3v) is 5.85. The fourth-order valence-corrected chi connectivity index (χ4v) is 4.44. The molecule has 30 heavy (non-hydrogen) atoms. The van der Waals surface area contributed by atoms with E-state index in [1.165, 1.54) is 0 Å². The van der Waals surface area contributed by atoms with Crippen LogP contribution in [-0.2, 0) is 28.9 Å². The van der Waals surface area contributed by atoms with Crippen molar-refractivity contribution in [2.24, 2.45) is 0 Å². The summed E-state index contributed by atoms with van der Waals surface area (Å²) in [6.45, 7) is 2.32. The molecule has 2 aliphatic rings. The van der Waals surface area contributed by atoms with E-state index < -0.39 is 5.97 Å². The zero-order valence-electron chi connectivity index (χ0n) is 16.6. The Morgan fingerprint density at radius 1 is 1.20 bits per heavy atom. The van der Waals surface area contributed by atoms with Crippen LogP contribution in [0.1, 0.15) is 35.1 Å². The maximum absolute atomic E-state index is 12.7. The number of aryl methyl sites for hydroxylation is 1. The minimum absolute atomic E-state index is 0.0218. The Morgan fingerprint density at radius 2 is 2.03 bits per heavy atom. The van der Waals surface area contributed by atoms with E-state index in [1.807, 2.05) is 31.2 Å². The Morgan fingerprint density at radius 3 is 2.90 bits per heavy atom. The first-order valence-electron chi connectivity index (χ1n) is 10.1. The number of carbonyl (C=O) groups excluding carboxylic acids is 2. The molecule has 0 fully saturated rings. The van der Waals surface area contributed by atoms with Crippen molar-refractivity contribution < 1.29 is 14.3 Å². The van der Waals surface area contributed by atoms with Gasteiger partial charge in [0.2, 0.25) is 0 Å². The molecule has 3 aromatic rings. The van der Waals surface area contributed by atoms with Gasteiger partial charge in [0.15, 0.2) is 6.61 Å². The highest BCUT2D eigenvalue weighted by molar-refractivity contribution is 6.00. The van der Waals surface area contributed by atoms with Crippen LogP contribution in [-0.4, -0.2) is 34.1 Å². The minimum atomic E-state index is -0.604. The molecule has 0 bridgehead atoms. The maximum Gasteiger partial charge on any atom is 0.338 e. The highest BCUT2D eigenvalue weighted by Gasteiger charge is 2.31. The molecular weight excluding hydrogens is 382 g/mol. The molecule has 5 rings (SSSR count). The van der Waals surface area contributed by atoms with Gasteiger partial charge in [0.25, 0.3) is 11.5 Å². The second kappa shape index (κ2) is 7.09. The van der Waals surface area contributed by atoms with Gasteiger partial charge in [0.1, 0.15) is 5.82 Å². The number of hydrogen-bond donors (Lipinski definition) is 0. The number of benzene rings is 2. The molecule has 0 N–H and O–H groups in total. The number of para-hydroxylation sites is 1. The summed E-state index contributed by atoms with van der Waals surface area (Å²) in [5.74, 6) is -0.113. The van der Waals surface area contributed by atoms with E-state index >= 15 is 0 Å². The van der Waals surface area contributed by atoms with Crippen molar-refractivity contribution in [2.45, 2.75) is 38.8 Å². The molecule has 0 unspecified atom stereocenters. The van der Waals surface area contributed by atoms with Gasteiger partial charge in [-0.25, -0.2) is 9.78 Å². The zero-order valence-corrected chi connectivity index (χ0v) is 16.6. The Balaban J connectivity index is 1.33. The van der Waals surface area contributed by atoms with Crippen molar-refractivity contribution in [1.82, 2.24) is 9.55 Å². The number of fused-ring (bicyclic) bond motifs is 3. The predicted molar refractivity (Wildman–Crippen MR) is 112 cm³/mol. The van der Waals surface area contributed by atoms with Crippen molar-refractivity contribution in [2.75, 3.05) is 11.5 Å². The number of anilines is 1. The van der Waals surface area contributed by atoms with Gasteiger partial charge >= 0.3 is 5.97 Å². The first kappa shape index (κ1) is 18.5. The van der Waals surface area contributed by atoms with E-state index in [0.717, 1.165) is 36.3 Å². The van der Waals surface area contributed by atoms with Crippen molar-refractivity contribution >= 4 is 28.5 Å². The molecule has 7 nitrogen and oxygen atoms in total. The van der Waals surface area contributed by atoms with Gasteiger partial charge < -0.3 is 9.64 Å². The monoisotopic (exact) mass is 403 g/mol. The Labute approximate surface area is 172 Å². The average molecular weight is 403 g/mol. The summed E-state index contributed by atoms with van der Waals surface area (Å²) < 4.78 is 6.98. The Hall–Kier alpha value is -3.48. The second-order valence-electron chi connectivity index (χ2n) is 7.84. The van der Waals surface area contributed by atoms with Crippen LogP contribution in [0.15, 0.2) is 47.3 Å². The lowest BCUT2D eigenvalue weighted by molar-refractivity contribution is -0.122. The summed E-state index contributed by atoms with van der Waals surface area (Å²) in [5.41, 5.74) is 2.67. The molecule has 1 atom stereocenters. The van der Waals surface area contributed by atoms with E-state index in [0.29, 0.717) is 17.4 Å². The van der Waals surface area contributed by atoms with Crippen molar-refractivity contribution in [3.8, 4) is 0 Å². The summed E-state index contributed by atoms with van der Waals surface area (Å²) in [4.78, 5) is 44.1. The van der Waals surface area contributed by atoms with Gasteiger partial charge in [0, 0.05) is 24.7 Å². The van der Waals surface area contributed by atoms with Crippen molar-refractivity contribution in [1.29, 1.82) is 0 Å². The first-order chi connectivity index (χ1) is 14.5. The van der Waals surface area contributed by atoms with Crippen LogP contribution in [0.3, 0.4) is 0 Å². The number of carbonyl (C=O) groups is 2. The topological polar surface area (TPSA) is 81.5 Å². The van der Waals surface area contributed by atoms with Gasteiger partial charge in [0.05, 0.1) is 16.5 Å². The lowest BCUT2D eigenvalue weighted by atomic mass is 10.1. The Kier molecular flexibility index (Phi) is 4.38. The van der Waals surface area contributed by atoms with E-state index in [4.69, 9.17) is 4.74 Å². The van der Waals surface area contributed by atoms with Gasteiger partial charge in [-0.1, -0.05) is 18.2 Å². The van der Waals surface area contributed by atoms with E-state index in [1.54, 1.807) is 27.7 Å². The largest absolute Gasteiger partial charge is 0.452 e. The molecule has 0 saturated heterocycles. The van der Waals surface area contributed by atoms with E-state index in [2.05, 4.69) is 4.98 Å². The van der Waals surface area contributed by atoms with E-state index in [-0.39, 0.29) is 29.7 Å². The number of hydrogen-bond acceptors (Lipinski definition) is 5. The SMILES string of the molecule is C[C@H]1Cc2ccccc2N1C(=O)COC(=O)c1ccc2c(=O)n3c(nc2c1)CCC3. The number of aromatic nitrogens is 2. The second-order valence-corrected chi connectivity index (χ2v) is 7.84. The van der Waals surface area contributed by atoms with Gasteiger partial charge in [-0.2, -0.15) is 0 Å². The number of nitrogens with zero attached hydrogens (tertiary/aromatic N) is 3. The highest BCUT2D eigenvalue weighted by atomic mass is 16.5. The maximum atomic E-state index is 12.7. The molecule has 0 radical (unpaired) electrons. The van der Waals surface area contributed by atoms with Crippen LogP contribution in [0.5, 0.6) is 0 Å². The molecule has 0 saturated carbocycles. The third-order valence-electron chi connectivity index (χ3n) is 5.85. The number of rotatable bonds is 3. The molecule has 0 aliphatic carbocycles. The molecule has 1 amide bonds. The fourth-order valence-electron chi connectivity index (χ4n) is 4.44. The molecule has 2 aliphatic heterocycles. The van der Waals surface area contributed by atoms with Gasteiger partial charge in [-0.05, 0) is 49.6 Å². The standard InChI is InChI=1S/C23H21N3O4/c1-14-11-15-5-2-3-6-19(15)26(14)21(27)13-30-23(29)16-8-9-17-18(12-16)24-20-7-4-10-25(20)22(17)28/h2-3,5-6,8-9,12,14H,4,7,10-11,13H2,1H3/t14-/m0/s1. The molecule has 3 heterocycles. The van der Waals surface area contributed by atoms with Crippen LogP contribution in [0, 0.1) is 0 Å². The van der Waals surface area contributed by atoms with Gasteiger partial charge in [-0.3, -0.25) is 14.2 Å². The van der Waals surface area contributed by atoms with E-state index in [9.17, 15) is 14.4 Å². The number of amides is 1. The van der Waals surface area contributed by atoms with Crippen LogP contribution >= 0.6 is 0 Å². The zero-order chi connectivity index (χ0) is 20.8. The first-order valence-corrected chi connectivity index (χ1v) is 10.1. The van der Waals surface area contributed by atoms with Crippen molar-refractivity contribution in [3.63, 3.8) is 0 Å². The highest BCUT2D eigenvalue weighted by Crippen LogP contribution is 2.31. The van der Waals surface area contributed by atoms with Crippen LogP contribution < -0.4 is 10.5 Å². The number of esters is 1. The van der Waals surface area contributed by atoms with Crippen LogP contribution in [0.25, 0.3) is 10.9 Å². The Bertz CT molecular complexity index is 1250. The lowest BCUT2D eigenvalue weighted by Gasteiger charge is -2.22. The summed E-state index contributed by atoms with van der Waals surface area (Å²) in [6.07, 6.45) is 2.43. The summed E-state index contributed by atoms with van der Waals surface area (Å²) in [6, 6.07) is 12.5. The molecule has 7 heteroatoms. The summed E-state index contributed by atoms with van der Waals surface area (Å²) in [7, 11) is 0. The van der Waals surface area contributed by atoms with Crippen LogP contribution in [0.4, 0.5) is 5.69 Å². The smallest absolute Gasteiger partial charge is 0.338 e. The molecule has 0 spiro atoms. The summed E-state index contributed by atoms with van der Waals surface area (Å²) >= 11 is 0. The molecule has 152 valence electrons. The quantitative estimate of drug-likeness (QED) is 0.628. The molecular formula is C23H21N3O4. The van der Waals surface area contributed by atoms with Crippen LogP contribution in [0.2, 0.25) is 0 Å². The lowest BCUT2D eigenvalue weighted by Crippen LogP contribution is -2.38. The number of ether oxygens (including phenoxy) is 1. The fraction of sp³-hybridized carbons (Fsp3) is 0.304. The molecule has 2 aromatic carbocycles. The molecule has 1 aromatic heterocycles.